The van der Waals surface area contributed by atoms with E-state index in [4.69, 9.17) is 4.74 Å². The summed E-state index contributed by atoms with van der Waals surface area (Å²) >= 11 is 0. The third-order valence-electron chi connectivity index (χ3n) is 3.51. The first-order valence-corrected chi connectivity index (χ1v) is 9.01. The van der Waals surface area contributed by atoms with Gasteiger partial charge in [0.2, 0.25) is 0 Å². The first kappa shape index (κ1) is 22.4. The molecule has 0 spiro atoms. The highest BCUT2D eigenvalue weighted by molar-refractivity contribution is 7.90. The molecule has 0 aliphatic rings. The van der Waals surface area contributed by atoms with Crippen molar-refractivity contribution in [1.82, 2.24) is 15.9 Å². The van der Waals surface area contributed by atoms with E-state index >= 15 is 0 Å². The maximum Gasteiger partial charge on any atom is 0.416 e. The number of hydrogen-bond acceptors (Lipinski definition) is 6. The molecule has 0 aliphatic heterocycles. The van der Waals surface area contributed by atoms with E-state index in [1.807, 2.05) is 0 Å². The average Bonchev–Trinajstić information content (AvgIpc) is 2.52. The van der Waals surface area contributed by atoms with Crippen LogP contribution in [0.3, 0.4) is 0 Å². The number of sulfone groups is 1. The Labute approximate surface area is 153 Å². The van der Waals surface area contributed by atoms with Gasteiger partial charge in [-0.3, -0.25) is 4.79 Å². The molecule has 2 aromatic rings. The van der Waals surface area contributed by atoms with Crippen molar-refractivity contribution >= 4 is 15.4 Å². The molecule has 0 fully saturated rings. The fourth-order valence-electron chi connectivity index (χ4n) is 2.27. The van der Waals surface area contributed by atoms with E-state index in [0.717, 1.165) is 12.3 Å². The van der Waals surface area contributed by atoms with Gasteiger partial charge in [0.25, 0.3) is 0 Å². The average molecular weight is 405 g/mol. The number of halogens is 3. The number of rotatable bonds is 4. The van der Waals surface area contributed by atoms with Gasteiger partial charge < -0.3 is 10.9 Å². The van der Waals surface area contributed by atoms with Crippen LogP contribution in [0.5, 0.6) is 5.75 Å². The maximum atomic E-state index is 12.9. The number of aromatic nitrogens is 2. The largest absolute Gasteiger partial charge is 0.491 e. The Morgan fingerprint density at radius 2 is 1.89 bits per heavy atom. The number of nitrogens with zero attached hydrogens (tertiary/aromatic N) is 2. The lowest BCUT2D eigenvalue weighted by molar-refractivity contribution is -0.137. The Kier molecular flexibility index (Phi) is 6.24. The topological polar surface area (TPSA) is 113 Å². The van der Waals surface area contributed by atoms with Crippen LogP contribution in [-0.2, 0) is 16.0 Å². The monoisotopic (exact) mass is 405 g/mol. The van der Waals surface area contributed by atoms with Crippen LogP contribution in [0, 0.1) is 0 Å². The molecule has 3 N–H and O–H groups in total. The highest BCUT2D eigenvalue weighted by atomic mass is 32.2. The number of hydrogen-bond donors (Lipinski definition) is 1. The van der Waals surface area contributed by atoms with Crippen LogP contribution in [0.25, 0.3) is 11.3 Å². The quantitative estimate of drug-likeness (QED) is 0.837. The summed E-state index contributed by atoms with van der Waals surface area (Å²) in [5, 5.41) is 3.86. The Morgan fingerprint density at radius 3 is 2.33 bits per heavy atom. The molecule has 1 heterocycles. The predicted octanol–water partition coefficient (Wildman–Crippen LogP) is 2.86. The summed E-state index contributed by atoms with van der Waals surface area (Å²) in [6.07, 6.45) is -2.76. The van der Waals surface area contributed by atoms with E-state index in [1.165, 1.54) is 13.3 Å². The zero-order valence-corrected chi connectivity index (χ0v) is 15.6. The van der Waals surface area contributed by atoms with E-state index in [2.05, 4.69) is 11.7 Å². The van der Waals surface area contributed by atoms with Crippen molar-refractivity contribution in [3.05, 3.63) is 52.5 Å². The molecule has 0 bridgehead atoms. The van der Waals surface area contributed by atoms with Crippen molar-refractivity contribution in [2.75, 3.05) is 13.4 Å². The summed E-state index contributed by atoms with van der Waals surface area (Å²) in [6, 6.07) is 2.03. The second-order valence-corrected chi connectivity index (χ2v) is 7.53. The van der Waals surface area contributed by atoms with Crippen LogP contribution < -0.4 is 16.4 Å². The minimum Gasteiger partial charge on any atom is -0.491 e. The van der Waals surface area contributed by atoms with Crippen LogP contribution in [-0.4, -0.2) is 31.6 Å². The van der Waals surface area contributed by atoms with Gasteiger partial charge in [0, 0.05) is 11.8 Å². The van der Waals surface area contributed by atoms with E-state index in [1.54, 1.807) is 6.92 Å². The zero-order chi connectivity index (χ0) is 19.9. The fraction of sp³-hybridized carbons (Fsp3) is 0.250. The van der Waals surface area contributed by atoms with Gasteiger partial charge in [-0.15, -0.1) is 0 Å². The molecule has 1 aromatic carbocycles. The third-order valence-corrected chi connectivity index (χ3v) is 4.64. The highest BCUT2D eigenvalue weighted by Gasteiger charge is 2.33. The minimum atomic E-state index is -4.74. The molecule has 1 aromatic heterocycles. The van der Waals surface area contributed by atoms with Gasteiger partial charge in [-0.1, -0.05) is 6.58 Å². The molecule has 7 nitrogen and oxygen atoms in total. The standard InChI is InChI=1S/C16H15F3N2O4S.H3N/c1-9(2)11-8-20-21(15(22)14(11)25-3)12-6-5-10(16(17,18)19)7-13(12)26(4,23)24;/h5-8H,1H2,2-4H3;1H3. The summed E-state index contributed by atoms with van der Waals surface area (Å²) in [4.78, 5) is 11.9. The Bertz CT molecular complexity index is 1040. The van der Waals surface area contributed by atoms with Gasteiger partial charge >= 0.3 is 11.7 Å². The van der Waals surface area contributed by atoms with Gasteiger partial charge in [-0.2, -0.15) is 23.0 Å². The molecule has 0 radical (unpaired) electrons. The van der Waals surface area contributed by atoms with Crippen LogP contribution >= 0.6 is 0 Å². The predicted molar refractivity (Wildman–Crippen MR) is 94.2 cm³/mol. The van der Waals surface area contributed by atoms with Crippen molar-refractivity contribution < 1.29 is 26.3 Å². The fourth-order valence-corrected chi connectivity index (χ4v) is 3.15. The summed E-state index contributed by atoms with van der Waals surface area (Å²) < 4.78 is 68.5. The Hall–Kier alpha value is -2.66. The van der Waals surface area contributed by atoms with E-state index in [-0.39, 0.29) is 17.6 Å². The molecule has 0 saturated carbocycles. The number of alkyl halides is 3. The SMILES string of the molecule is C=C(C)c1cnn(-c2ccc(C(F)(F)F)cc2S(C)(=O)=O)c(=O)c1OC.N. The number of benzene rings is 1. The first-order chi connectivity index (χ1) is 11.9. The molecular formula is C16H18F3N3O4S. The van der Waals surface area contributed by atoms with Gasteiger partial charge in [0.05, 0.1) is 29.5 Å². The Morgan fingerprint density at radius 1 is 1.30 bits per heavy atom. The van der Waals surface area contributed by atoms with Crippen molar-refractivity contribution in [2.45, 2.75) is 18.0 Å². The molecule has 0 amide bonds. The second-order valence-electron chi connectivity index (χ2n) is 5.54. The lowest BCUT2D eigenvalue weighted by atomic mass is 10.1. The van der Waals surface area contributed by atoms with Gasteiger partial charge in [-0.05, 0) is 30.7 Å². The molecular weight excluding hydrogens is 387 g/mol. The van der Waals surface area contributed by atoms with Crippen LogP contribution in [0.1, 0.15) is 18.1 Å². The molecule has 27 heavy (non-hydrogen) atoms. The van der Waals surface area contributed by atoms with Gasteiger partial charge in [0.15, 0.2) is 15.6 Å². The summed E-state index contributed by atoms with van der Waals surface area (Å²) in [6.45, 7) is 5.30. The lowest BCUT2D eigenvalue weighted by Crippen LogP contribution is -2.25. The maximum absolute atomic E-state index is 12.9. The first-order valence-electron chi connectivity index (χ1n) is 7.11. The Balaban J connectivity index is 0.00000364. The molecule has 11 heteroatoms. The van der Waals surface area contributed by atoms with Crippen molar-refractivity contribution in [1.29, 1.82) is 0 Å². The third kappa shape index (κ3) is 4.37. The van der Waals surface area contributed by atoms with E-state index in [0.29, 0.717) is 28.0 Å². The van der Waals surface area contributed by atoms with Crippen LogP contribution in [0.4, 0.5) is 13.2 Å². The van der Waals surface area contributed by atoms with Crippen LogP contribution in [0.2, 0.25) is 0 Å². The molecule has 0 atom stereocenters. The van der Waals surface area contributed by atoms with E-state index < -0.39 is 32.0 Å². The van der Waals surface area contributed by atoms with Crippen molar-refractivity contribution in [3.63, 3.8) is 0 Å². The van der Waals surface area contributed by atoms with Gasteiger partial charge in [-0.25, -0.2) is 8.42 Å². The molecule has 2 rings (SSSR count). The molecule has 0 aliphatic carbocycles. The number of ether oxygens (including phenoxy) is 1. The molecule has 148 valence electrons. The second kappa shape index (κ2) is 7.53. The minimum absolute atomic E-state index is 0. The number of methoxy groups -OCH3 is 1. The van der Waals surface area contributed by atoms with Crippen molar-refractivity contribution in [3.8, 4) is 11.4 Å². The zero-order valence-electron chi connectivity index (χ0n) is 14.8. The lowest BCUT2D eigenvalue weighted by Gasteiger charge is -2.15. The smallest absolute Gasteiger partial charge is 0.416 e. The number of allylic oxidation sites excluding steroid dienone is 1. The summed E-state index contributed by atoms with van der Waals surface area (Å²) in [5.74, 6) is -0.146. The summed E-state index contributed by atoms with van der Waals surface area (Å²) in [5.41, 5.74) is -1.49. The van der Waals surface area contributed by atoms with Gasteiger partial charge in [0.1, 0.15) is 0 Å². The normalized spacial score (nSPS) is 11.6. The van der Waals surface area contributed by atoms with E-state index in [9.17, 15) is 26.4 Å². The molecule has 0 unspecified atom stereocenters. The van der Waals surface area contributed by atoms with Crippen molar-refractivity contribution in [2.24, 2.45) is 0 Å². The molecule has 0 saturated heterocycles. The van der Waals surface area contributed by atoms with Crippen LogP contribution in [0.15, 0.2) is 40.7 Å². The highest BCUT2D eigenvalue weighted by Crippen LogP contribution is 2.33. The summed E-state index contributed by atoms with van der Waals surface area (Å²) in [7, 11) is -2.85.